The van der Waals surface area contributed by atoms with E-state index in [1.54, 1.807) is 6.08 Å². The predicted molar refractivity (Wildman–Crippen MR) is 126 cm³/mol. The molecule has 33 heavy (non-hydrogen) atoms. The first-order valence-electron chi connectivity index (χ1n) is 10.6. The van der Waals surface area contributed by atoms with Gasteiger partial charge in [-0.25, -0.2) is 4.79 Å². The SMILES string of the molecule is O=C1NC(=O)N(Cc2ccccc2)C(=O)/C1=C/c1cn(Cc2ccccc2)c2ccccc12. The number of hydrogen-bond donors (Lipinski definition) is 1. The first-order chi connectivity index (χ1) is 16.1. The van der Waals surface area contributed by atoms with Crippen molar-refractivity contribution in [3.63, 3.8) is 0 Å². The third kappa shape index (κ3) is 4.06. The lowest BCUT2D eigenvalue weighted by Gasteiger charge is -2.26. The second-order valence-corrected chi connectivity index (χ2v) is 7.91. The van der Waals surface area contributed by atoms with E-state index < -0.39 is 17.8 Å². The van der Waals surface area contributed by atoms with Gasteiger partial charge in [0, 0.05) is 29.2 Å². The van der Waals surface area contributed by atoms with Gasteiger partial charge in [0.2, 0.25) is 0 Å². The number of para-hydroxylation sites is 1. The molecule has 1 fully saturated rings. The number of benzene rings is 3. The smallest absolute Gasteiger partial charge is 0.331 e. The molecule has 1 aromatic heterocycles. The van der Waals surface area contributed by atoms with Gasteiger partial charge in [-0.3, -0.25) is 19.8 Å². The molecular weight excluding hydrogens is 414 g/mol. The van der Waals surface area contributed by atoms with Crippen molar-refractivity contribution in [2.75, 3.05) is 0 Å². The van der Waals surface area contributed by atoms with E-state index in [9.17, 15) is 14.4 Å². The quantitative estimate of drug-likeness (QED) is 0.374. The van der Waals surface area contributed by atoms with E-state index in [0.29, 0.717) is 6.54 Å². The van der Waals surface area contributed by atoms with E-state index in [4.69, 9.17) is 0 Å². The monoisotopic (exact) mass is 435 g/mol. The molecule has 1 saturated heterocycles. The van der Waals surface area contributed by atoms with Crippen molar-refractivity contribution < 1.29 is 14.4 Å². The van der Waals surface area contributed by atoms with Crippen molar-refractivity contribution in [3.8, 4) is 0 Å². The number of carbonyl (C=O) groups excluding carboxylic acids is 3. The summed E-state index contributed by atoms with van der Waals surface area (Å²) in [7, 11) is 0. The molecule has 6 heteroatoms. The summed E-state index contributed by atoms with van der Waals surface area (Å²) in [5.41, 5.74) is 3.62. The summed E-state index contributed by atoms with van der Waals surface area (Å²) < 4.78 is 2.09. The Balaban J connectivity index is 1.52. The van der Waals surface area contributed by atoms with Gasteiger partial charge >= 0.3 is 6.03 Å². The minimum absolute atomic E-state index is 0.0619. The Morgan fingerprint density at radius 3 is 2.03 bits per heavy atom. The zero-order valence-corrected chi connectivity index (χ0v) is 17.8. The van der Waals surface area contributed by atoms with Crippen LogP contribution in [0, 0.1) is 0 Å². The summed E-state index contributed by atoms with van der Waals surface area (Å²) in [5.74, 6) is -1.29. The van der Waals surface area contributed by atoms with Gasteiger partial charge in [0.15, 0.2) is 0 Å². The minimum atomic E-state index is -0.711. The highest BCUT2D eigenvalue weighted by Gasteiger charge is 2.35. The molecule has 0 bridgehead atoms. The van der Waals surface area contributed by atoms with Gasteiger partial charge in [-0.05, 0) is 23.3 Å². The molecule has 1 aliphatic rings. The van der Waals surface area contributed by atoms with E-state index in [-0.39, 0.29) is 12.1 Å². The first kappa shape index (κ1) is 20.5. The van der Waals surface area contributed by atoms with Crippen molar-refractivity contribution >= 4 is 34.8 Å². The Bertz CT molecular complexity index is 1390. The molecule has 0 radical (unpaired) electrons. The number of nitrogens with zero attached hydrogens (tertiary/aromatic N) is 2. The maximum absolute atomic E-state index is 13.2. The molecular formula is C27H21N3O3. The molecule has 162 valence electrons. The van der Waals surface area contributed by atoms with E-state index in [1.165, 1.54) is 0 Å². The molecule has 5 rings (SSSR count). The summed E-state index contributed by atoms with van der Waals surface area (Å²) in [6.45, 7) is 0.745. The van der Waals surface area contributed by atoms with Crippen LogP contribution in [-0.4, -0.2) is 27.3 Å². The number of aromatic nitrogens is 1. The molecule has 3 aromatic carbocycles. The number of rotatable bonds is 5. The fourth-order valence-corrected chi connectivity index (χ4v) is 4.06. The fraction of sp³-hybridized carbons (Fsp3) is 0.0741. The number of carbonyl (C=O) groups is 3. The van der Waals surface area contributed by atoms with Crippen LogP contribution in [0.15, 0.2) is 96.7 Å². The molecule has 4 amide bonds. The lowest BCUT2D eigenvalue weighted by atomic mass is 10.1. The summed E-state index contributed by atoms with van der Waals surface area (Å²) in [6.07, 6.45) is 3.51. The molecule has 0 atom stereocenters. The van der Waals surface area contributed by atoms with Gasteiger partial charge < -0.3 is 4.57 Å². The number of nitrogens with one attached hydrogen (secondary N) is 1. The van der Waals surface area contributed by atoms with Crippen LogP contribution in [0.5, 0.6) is 0 Å². The topological polar surface area (TPSA) is 71.4 Å². The molecule has 2 heterocycles. The average Bonchev–Trinajstić information content (AvgIpc) is 3.18. The van der Waals surface area contributed by atoms with Crippen LogP contribution in [0.1, 0.15) is 16.7 Å². The molecule has 0 saturated carbocycles. The van der Waals surface area contributed by atoms with Crippen LogP contribution in [0.4, 0.5) is 4.79 Å². The number of imide groups is 2. The molecule has 6 nitrogen and oxygen atoms in total. The van der Waals surface area contributed by atoms with Gasteiger partial charge in [-0.2, -0.15) is 0 Å². The maximum atomic E-state index is 13.2. The van der Waals surface area contributed by atoms with Gasteiger partial charge in [0.1, 0.15) is 5.57 Å². The lowest BCUT2D eigenvalue weighted by molar-refractivity contribution is -0.130. The largest absolute Gasteiger partial charge is 0.342 e. The van der Waals surface area contributed by atoms with Crippen molar-refractivity contribution in [1.29, 1.82) is 0 Å². The third-order valence-corrected chi connectivity index (χ3v) is 5.68. The Kier molecular flexibility index (Phi) is 5.32. The van der Waals surface area contributed by atoms with Crippen molar-refractivity contribution in [2.24, 2.45) is 0 Å². The van der Waals surface area contributed by atoms with E-state index >= 15 is 0 Å². The van der Waals surface area contributed by atoms with Crippen molar-refractivity contribution in [2.45, 2.75) is 13.1 Å². The summed E-state index contributed by atoms with van der Waals surface area (Å²) in [6, 6.07) is 26.4. The fourth-order valence-electron chi connectivity index (χ4n) is 4.06. The van der Waals surface area contributed by atoms with Crippen LogP contribution in [0.25, 0.3) is 17.0 Å². The third-order valence-electron chi connectivity index (χ3n) is 5.68. The second-order valence-electron chi connectivity index (χ2n) is 7.91. The first-order valence-corrected chi connectivity index (χ1v) is 10.6. The Hall–Kier alpha value is -4.45. The molecule has 1 aliphatic heterocycles. The normalized spacial score (nSPS) is 15.3. The van der Waals surface area contributed by atoms with Crippen LogP contribution >= 0.6 is 0 Å². The standard InChI is InChI=1S/C27H21N3O3/c31-25-23(26(32)30(27(33)28-25)17-20-11-5-2-6-12-20)15-21-18-29(16-19-9-3-1-4-10-19)24-14-8-7-13-22(21)24/h1-15,18H,16-17H2,(H,28,31,33)/b23-15+. The van der Waals surface area contributed by atoms with E-state index in [0.717, 1.165) is 32.5 Å². The van der Waals surface area contributed by atoms with Crippen LogP contribution in [0.2, 0.25) is 0 Å². The number of hydrogen-bond acceptors (Lipinski definition) is 3. The zero-order valence-electron chi connectivity index (χ0n) is 17.8. The molecule has 1 N–H and O–H groups in total. The molecule has 4 aromatic rings. The van der Waals surface area contributed by atoms with Crippen LogP contribution < -0.4 is 5.32 Å². The highest BCUT2D eigenvalue weighted by Crippen LogP contribution is 2.26. The Morgan fingerprint density at radius 2 is 1.33 bits per heavy atom. The van der Waals surface area contributed by atoms with Crippen molar-refractivity contribution in [3.05, 3.63) is 113 Å². The van der Waals surface area contributed by atoms with Gasteiger partial charge in [-0.15, -0.1) is 0 Å². The number of urea groups is 1. The van der Waals surface area contributed by atoms with E-state index in [1.807, 2.05) is 79.0 Å². The van der Waals surface area contributed by atoms with Crippen molar-refractivity contribution in [1.82, 2.24) is 14.8 Å². The molecule has 0 unspecified atom stereocenters. The highest BCUT2D eigenvalue weighted by molar-refractivity contribution is 6.31. The Labute approximate surface area is 190 Å². The van der Waals surface area contributed by atoms with Gasteiger partial charge in [-0.1, -0.05) is 78.9 Å². The van der Waals surface area contributed by atoms with Crippen LogP contribution in [0.3, 0.4) is 0 Å². The number of barbiturate groups is 1. The van der Waals surface area contributed by atoms with E-state index in [2.05, 4.69) is 22.0 Å². The predicted octanol–water partition coefficient (Wildman–Crippen LogP) is 4.35. The summed E-state index contributed by atoms with van der Waals surface area (Å²) >= 11 is 0. The minimum Gasteiger partial charge on any atom is -0.342 e. The molecule has 0 aliphatic carbocycles. The second kappa shape index (κ2) is 8.59. The lowest BCUT2D eigenvalue weighted by Crippen LogP contribution is -2.53. The summed E-state index contributed by atoms with van der Waals surface area (Å²) in [5, 5.41) is 3.22. The van der Waals surface area contributed by atoms with Gasteiger partial charge in [0.25, 0.3) is 11.8 Å². The molecule has 0 spiro atoms. The van der Waals surface area contributed by atoms with Crippen LogP contribution in [-0.2, 0) is 22.7 Å². The average molecular weight is 435 g/mol. The zero-order chi connectivity index (χ0) is 22.8. The highest BCUT2D eigenvalue weighted by atomic mass is 16.2. The number of fused-ring (bicyclic) bond motifs is 1. The summed E-state index contributed by atoms with van der Waals surface area (Å²) in [4.78, 5) is 39.2. The maximum Gasteiger partial charge on any atom is 0.331 e. The Morgan fingerprint density at radius 1 is 0.727 bits per heavy atom. The number of amides is 4. The van der Waals surface area contributed by atoms with Gasteiger partial charge in [0.05, 0.1) is 6.54 Å².